The number of ether oxygens (including phenoxy) is 2. The molecule has 1 spiro atoms. The van der Waals surface area contributed by atoms with Crippen LogP contribution < -0.4 is 15.0 Å². The molecule has 3 saturated heterocycles. The van der Waals surface area contributed by atoms with E-state index in [0.29, 0.717) is 29.7 Å². The topological polar surface area (TPSA) is 76.6 Å². The molecule has 3 fully saturated rings. The van der Waals surface area contributed by atoms with Gasteiger partial charge in [0.05, 0.1) is 30.7 Å². The highest BCUT2D eigenvalue weighted by Crippen LogP contribution is 2.55. The molecule has 1 aromatic heterocycles. The summed E-state index contributed by atoms with van der Waals surface area (Å²) in [6.45, 7) is 4.34. The number of rotatable bonds is 5. The molecule has 29 heavy (non-hydrogen) atoms. The number of hydrogen-bond acceptors (Lipinski definition) is 6. The molecule has 0 radical (unpaired) electrons. The highest BCUT2D eigenvalue weighted by atomic mass is 16.5. The van der Waals surface area contributed by atoms with E-state index >= 15 is 0 Å². The van der Waals surface area contributed by atoms with Gasteiger partial charge in [-0.2, -0.15) is 0 Å². The van der Waals surface area contributed by atoms with Crippen LogP contribution in [0.25, 0.3) is 0 Å². The Morgan fingerprint density at radius 3 is 3.14 bits per heavy atom. The maximum atomic E-state index is 12.7. The maximum Gasteiger partial charge on any atom is 0.251 e. The number of methoxy groups -OCH3 is 1. The van der Waals surface area contributed by atoms with Crippen molar-refractivity contribution in [3.8, 4) is 5.75 Å². The van der Waals surface area contributed by atoms with E-state index in [1.807, 2.05) is 31.3 Å². The van der Waals surface area contributed by atoms with Crippen molar-refractivity contribution in [1.82, 2.24) is 15.3 Å². The second-order valence-corrected chi connectivity index (χ2v) is 8.37. The highest BCUT2D eigenvalue weighted by molar-refractivity contribution is 5.94. The molecule has 4 atom stereocenters. The van der Waals surface area contributed by atoms with E-state index in [2.05, 4.69) is 20.2 Å². The zero-order valence-corrected chi connectivity index (χ0v) is 16.8. The van der Waals surface area contributed by atoms with Crippen LogP contribution in [0.2, 0.25) is 0 Å². The first kappa shape index (κ1) is 18.4. The van der Waals surface area contributed by atoms with Crippen LogP contribution in [0.1, 0.15) is 28.9 Å². The SMILES string of the molecule is COc1cccc(C(=O)NC[C@H]2[C@H]3CN(c4cncc(C)n4)C[C@]34CC[C@H]2O4)c1. The van der Waals surface area contributed by atoms with Crippen LogP contribution in [0.3, 0.4) is 0 Å². The summed E-state index contributed by atoms with van der Waals surface area (Å²) in [7, 11) is 1.60. The number of carbonyl (C=O) groups excluding carboxylic acids is 1. The average molecular weight is 394 g/mol. The molecule has 5 rings (SSSR count). The first-order valence-corrected chi connectivity index (χ1v) is 10.2. The molecule has 7 heteroatoms. The van der Waals surface area contributed by atoms with E-state index in [4.69, 9.17) is 9.47 Å². The number of aromatic nitrogens is 2. The predicted octanol–water partition coefficient (Wildman–Crippen LogP) is 2.21. The van der Waals surface area contributed by atoms with E-state index < -0.39 is 0 Å². The van der Waals surface area contributed by atoms with E-state index in [0.717, 1.165) is 37.4 Å². The number of nitrogens with one attached hydrogen (secondary N) is 1. The Morgan fingerprint density at radius 1 is 1.41 bits per heavy atom. The van der Waals surface area contributed by atoms with E-state index in [1.54, 1.807) is 19.4 Å². The molecule has 152 valence electrons. The molecule has 2 bridgehead atoms. The normalized spacial score (nSPS) is 29.7. The molecule has 0 unspecified atom stereocenters. The minimum absolute atomic E-state index is 0.0693. The fraction of sp³-hybridized carbons (Fsp3) is 0.500. The van der Waals surface area contributed by atoms with E-state index in [9.17, 15) is 4.79 Å². The van der Waals surface area contributed by atoms with Crippen LogP contribution >= 0.6 is 0 Å². The second-order valence-electron chi connectivity index (χ2n) is 8.37. The number of hydrogen-bond donors (Lipinski definition) is 1. The van der Waals surface area contributed by atoms with E-state index in [1.165, 1.54) is 0 Å². The zero-order valence-electron chi connectivity index (χ0n) is 16.8. The molecule has 1 N–H and O–H groups in total. The third-order valence-electron chi connectivity index (χ3n) is 6.68. The number of anilines is 1. The van der Waals surface area contributed by atoms with Crippen LogP contribution in [0.4, 0.5) is 5.82 Å². The molecular formula is C22H26N4O3. The third-order valence-corrected chi connectivity index (χ3v) is 6.68. The van der Waals surface area contributed by atoms with E-state index in [-0.39, 0.29) is 17.6 Å². The van der Waals surface area contributed by atoms with Gasteiger partial charge in [0.1, 0.15) is 11.6 Å². The van der Waals surface area contributed by atoms with Gasteiger partial charge < -0.3 is 19.7 Å². The summed E-state index contributed by atoms with van der Waals surface area (Å²) in [5.41, 5.74) is 1.43. The Hall–Kier alpha value is -2.67. The molecule has 1 aromatic carbocycles. The van der Waals surface area contributed by atoms with Crippen LogP contribution in [0.15, 0.2) is 36.7 Å². The standard InChI is InChI=1S/C22H26N4O3/c1-14-9-23-11-20(25-14)26-12-18-17(19-6-7-22(18,13-26)29-19)10-24-21(27)15-4-3-5-16(8-15)28-2/h3-5,8-9,11,17-19H,6-7,10,12-13H2,1-2H3,(H,24,27)/t17-,18+,19+,22+/m0/s1. The van der Waals surface area contributed by atoms with Crippen molar-refractivity contribution in [2.75, 3.05) is 31.6 Å². The summed E-state index contributed by atoms with van der Waals surface area (Å²) < 4.78 is 11.7. The third kappa shape index (κ3) is 3.13. The van der Waals surface area contributed by atoms with Crippen molar-refractivity contribution in [2.24, 2.45) is 11.8 Å². The van der Waals surface area contributed by atoms with Gasteiger partial charge in [-0.15, -0.1) is 0 Å². The number of fused-ring (bicyclic) bond motifs is 1. The van der Waals surface area contributed by atoms with Gasteiger partial charge in [0.15, 0.2) is 0 Å². The molecular weight excluding hydrogens is 368 g/mol. The minimum atomic E-state index is -0.110. The Bertz CT molecular complexity index is 936. The lowest BCUT2D eigenvalue weighted by atomic mass is 9.73. The van der Waals surface area contributed by atoms with Crippen molar-refractivity contribution in [3.63, 3.8) is 0 Å². The molecule has 3 aliphatic rings. The number of benzene rings is 1. The van der Waals surface area contributed by atoms with Crippen LogP contribution in [0.5, 0.6) is 5.75 Å². The van der Waals surface area contributed by atoms with Crippen LogP contribution in [0, 0.1) is 18.8 Å². The summed E-state index contributed by atoms with van der Waals surface area (Å²) in [4.78, 5) is 23.9. The smallest absolute Gasteiger partial charge is 0.251 e. The Labute approximate surface area is 170 Å². The molecule has 2 aromatic rings. The lowest BCUT2D eigenvalue weighted by molar-refractivity contribution is 0.0141. The molecule has 0 saturated carbocycles. The Morgan fingerprint density at radius 2 is 2.31 bits per heavy atom. The lowest BCUT2D eigenvalue weighted by Gasteiger charge is -2.29. The van der Waals surface area contributed by atoms with Gasteiger partial charge >= 0.3 is 0 Å². The van der Waals surface area contributed by atoms with Gasteiger partial charge in [0, 0.05) is 43.2 Å². The summed E-state index contributed by atoms with van der Waals surface area (Å²) >= 11 is 0. The summed E-state index contributed by atoms with van der Waals surface area (Å²) in [6.07, 6.45) is 5.98. The van der Waals surface area contributed by atoms with Crippen molar-refractivity contribution in [2.45, 2.75) is 31.5 Å². The first-order valence-electron chi connectivity index (χ1n) is 10.2. The van der Waals surface area contributed by atoms with Crippen molar-refractivity contribution >= 4 is 11.7 Å². The minimum Gasteiger partial charge on any atom is -0.497 e. The Kier molecular flexibility index (Phi) is 4.42. The molecule has 3 aliphatic heterocycles. The van der Waals surface area contributed by atoms with Crippen molar-refractivity contribution in [1.29, 1.82) is 0 Å². The highest BCUT2D eigenvalue weighted by Gasteiger charge is 2.63. The average Bonchev–Trinajstić information content (AvgIpc) is 3.40. The summed E-state index contributed by atoms with van der Waals surface area (Å²) in [5.74, 6) is 2.25. The molecule has 7 nitrogen and oxygen atoms in total. The number of nitrogens with zero attached hydrogens (tertiary/aromatic N) is 3. The van der Waals surface area contributed by atoms with Gasteiger partial charge in [-0.25, -0.2) is 4.98 Å². The molecule has 0 aliphatic carbocycles. The monoisotopic (exact) mass is 394 g/mol. The first-order chi connectivity index (χ1) is 14.1. The largest absolute Gasteiger partial charge is 0.497 e. The van der Waals surface area contributed by atoms with Crippen LogP contribution in [-0.4, -0.2) is 54.3 Å². The predicted molar refractivity (Wildman–Crippen MR) is 108 cm³/mol. The quantitative estimate of drug-likeness (QED) is 0.838. The van der Waals surface area contributed by atoms with Gasteiger partial charge in [0.25, 0.3) is 5.91 Å². The maximum absolute atomic E-state index is 12.7. The van der Waals surface area contributed by atoms with Gasteiger partial charge in [0.2, 0.25) is 0 Å². The van der Waals surface area contributed by atoms with Crippen molar-refractivity contribution in [3.05, 3.63) is 47.9 Å². The fourth-order valence-corrected chi connectivity index (χ4v) is 5.32. The number of amides is 1. The molecule has 1 amide bonds. The van der Waals surface area contributed by atoms with Crippen LogP contribution in [-0.2, 0) is 4.74 Å². The Balaban J connectivity index is 1.29. The van der Waals surface area contributed by atoms with Gasteiger partial charge in [-0.3, -0.25) is 9.78 Å². The van der Waals surface area contributed by atoms with Gasteiger partial charge in [-0.1, -0.05) is 6.07 Å². The number of carbonyl (C=O) groups is 1. The number of aryl methyl sites for hydroxylation is 1. The second kappa shape index (κ2) is 6.99. The summed E-state index contributed by atoms with van der Waals surface area (Å²) in [6, 6.07) is 7.25. The summed E-state index contributed by atoms with van der Waals surface area (Å²) in [5, 5.41) is 3.13. The zero-order chi connectivity index (χ0) is 20.0. The fourth-order valence-electron chi connectivity index (χ4n) is 5.32. The molecule has 4 heterocycles. The lowest BCUT2D eigenvalue weighted by Crippen LogP contribution is -2.41. The van der Waals surface area contributed by atoms with Gasteiger partial charge in [-0.05, 0) is 38.0 Å². The van der Waals surface area contributed by atoms with Crippen molar-refractivity contribution < 1.29 is 14.3 Å².